The van der Waals surface area contributed by atoms with Gasteiger partial charge in [0, 0.05) is 25.3 Å². The monoisotopic (exact) mass is 297 g/mol. The summed E-state index contributed by atoms with van der Waals surface area (Å²) in [6.07, 6.45) is 0. The number of primary amides is 1. The number of nitrogens with two attached hydrogens (primary N) is 1. The molecule has 1 unspecified atom stereocenters. The molecule has 0 aliphatic carbocycles. The van der Waals surface area contributed by atoms with Gasteiger partial charge in [0.05, 0.1) is 0 Å². The maximum Gasteiger partial charge on any atom is 0.252 e. The summed E-state index contributed by atoms with van der Waals surface area (Å²) in [5.74, 6) is -0.928. The Kier molecular flexibility index (Phi) is 4.78. The number of nitrogens with one attached hydrogen (secondary N) is 1. The van der Waals surface area contributed by atoms with Gasteiger partial charge < -0.3 is 16.0 Å². The van der Waals surface area contributed by atoms with Crippen molar-refractivity contribution in [3.05, 3.63) is 65.7 Å². The highest BCUT2D eigenvalue weighted by Crippen LogP contribution is 2.15. The standard InChI is InChI=1S/C17H19N3O2/c1-20(2)14-10-8-13(9-11-14)17(22)19-15(16(18)21)12-6-4-3-5-7-12/h3-11,15H,1-2H3,(H2,18,21)(H,19,22). The van der Waals surface area contributed by atoms with E-state index in [1.54, 1.807) is 36.4 Å². The van der Waals surface area contributed by atoms with Gasteiger partial charge in [0.1, 0.15) is 6.04 Å². The Morgan fingerprint density at radius 1 is 1.00 bits per heavy atom. The van der Waals surface area contributed by atoms with Crippen LogP contribution in [0.25, 0.3) is 0 Å². The topological polar surface area (TPSA) is 75.4 Å². The van der Waals surface area contributed by atoms with Crippen molar-refractivity contribution >= 4 is 17.5 Å². The molecule has 0 fully saturated rings. The first-order chi connectivity index (χ1) is 10.5. The van der Waals surface area contributed by atoms with E-state index in [1.165, 1.54) is 0 Å². The third kappa shape index (κ3) is 3.63. The van der Waals surface area contributed by atoms with Gasteiger partial charge >= 0.3 is 0 Å². The molecule has 2 aromatic rings. The molecule has 0 saturated carbocycles. The van der Waals surface area contributed by atoms with Crippen LogP contribution in [0.5, 0.6) is 0 Å². The minimum Gasteiger partial charge on any atom is -0.378 e. The number of amides is 2. The van der Waals surface area contributed by atoms with Gasteiger partial charge in [0.2, 0.25) is 5.91 Å². The Morgan fingerprint density at radius 2 is 1.59 bits per heavy atom. The molecular formula is C17H19N3O2. The minimum absolute atomic E-state index is 0.335. The summed E-state index contributed by atoms with van der Waals surface area (Å²) >= 11 is 0. The largest absolute Gasteiger partial charge is 0.378 e. The van der Waals surface area contributed by atoms with E-state index in [1.807, 2.05) is 37.2 Å². The smallest absolute Gasteiger partial charge is 0.252 e. The van der Waals surface area contributed by atoms with Crippen LogP contribution in [0, 0.1) is 0 Å². The van der Waals surface area contributed by atoms with Gasteiger partial charge in [0.15, 0.2) is 0 Å². The molecule has 0 spiro atoms. The minimum atomic E-state index is -0.845. The summed E-state index contributed by atoms with van der Waals surface area (Å²) in [4.78, 5) is 25.8. The third-order valence-corrected chi connectivity index (χ3v) is 3.34. The fourth-order valence-corrected chi connectivity index (χ4v) is 2.09. The fraction of sp³-hybridized carbons (Fsp3) is 0.176. The fourth-order valence-electron chi connectivity index (χ4n) is 2.09. The molecule has 2 amide bonds. The van der Waals surface area contributed by atoms with E-state index in [4.69, 9.17) is 5.73 Å². The Hall–Kier alpha value is -2.82. The highest BCUT2D eigenvalue weighted by Gasteiger charge is 2.20. The molecule has 0 saturated heterocycles. The van der Waals surface area contributed by atoms with Crippen molar-refractivity contribution in [2.75, 3.05) is 19.0 Å². The van der Waals surface area contributed by atoms with Gasteiger partial charge in [-0.1, -0.05) is 30.3 Å². The summed E-state index contributed by atoms with van der Waals surface area (Å²) in [6, 6.07) is 15.2. The Balaban J connectivity index is 2.16. The summed E-state index contributed by atoms with van der Waals surface area (Å²) in [7, 11) is 3.85. The number of nitrogens with zero attached hydrogens (tertiary/aromatic N) is 1. The molecule has 0 aliphatic rings. The highest BCUT2D eigenvalue weighted by molar-refractivity contribution is 5.97. The average Bonchev–Trinajstić information content (AvgIpc) is 2.53. The van der Waals surface area contributed by atoms with Crippen LogP contribution in [-0.4, -0.2) is 25.9 Å². The molecule has 0 aliphatic heterocycles. The van der Waals surface area contributed by atoms with Gasteiger partial charge in [-0.05, 0) is 29.8 Å². The molecule has 0 bridgehead atoms. The third-order valence-electron chi connectivity index (χ3n) is 3.34. The maximum absolute atomic E-state index is 12.3. The van der Waals surface area contributed by atoms with E-state index in [2.05, 4.69) is 5.32 Å². The SMILES string of the molecule is CN(C)c1ccc(C(=O)NC(C(N)=O)c2ccccc2)cc1. The zero-order valence-corrected chi connectivity index (χ0v) is 12.6. The molecule has 0 heterocycles. The lowest BCUT2D eigenvalue weighted by Crippen LogP contribution is -2.37. The van der Waals surface area contributed by atoms with Crippen molar-refractivity contribution < 1.29 is 9.59 Å². The molecule has 114 valence electrons. The van der Waals surface area contributed by atoms with Crippen LogP contribution in [0.3, 0.4) is 0 Å². The van der Waals surface area contributed by atoms with Gasteiger partial charge in [0.25, 0.3) is 5.91 Å². The molecule has 5 heteroatoms. The molecule has 5 nitrogen and oxygen atoms in total. The lowest BCUT2D eigenvalue weighted by Gasteiger charge is -2.17. The molecule has 2 aromatic carbocycles. The zero-order chi connectivity index (χ0) is 16.1. The van der Waals surface area contributed by atoms with Gasteiger partial charge in [-0.3, -0.25) is 9.59 Å². The van der Waals surface area contributed by atoms with Gasteiger partial charge in [-0.15, -0.1) is 0 Å². The normalized spacial score (nSPS) is 11.5. The van der Waals surface area contributed by atoms with Crippen molar-refractivity contribution in [1.82, 2.24) is 5.32 Å². The van der Waals surface area contributed by atoms with Crippen molar-refractivity contribution in [3.8, 4) is 0 Å². The van der Waals surface area contributed by atoms with E-state index in [0.29, 0.717) is 11.1 Å². The van der Waals surface area contributed by atoms with Crippen LogP contribution in [-0.2, 0) is 4.79 Å². The number of carbonyl (C=O) groups is 2. The second-order valence-corrected chi connectivity index (χ2v) is 5.16. The summed E-state index contributed by atoms with van der Waals surface area (Å²) < 4.78 is 0. The lowest BCUT2D eigenvalue weighted by molar-refractivity contribution is -0.120. The summed E-state index contributed by atoms with van der Waals surface area (Å²) in [5, 5.41) is 2.67. The molecule has 3 N–H and O–H groups in total. The number of hydrogen-bond acceptors (Lipinski definition) is 3. The molecule has 2 rings (SSSR count). The van der Waals surface area contributed by atoms with E-state index in [0.717, 1.165) is 5.69 Å². The second kappa shape index (κ2) is 6.76. The number of carbonyl (C=O) groups excluding carboxylic acids is 2. The molecule has 1 atom stereocenters. The van der Waals surface area contributed by atoms with E-state index in [-0.39, 0.29) is 5.91 Å². The summed E-state index contributed by atoms with van der Waals surface area (Å²) in [5.41, 5.74) is 7.53. The van der Waals surface area contributed by atoms with Crippen LogP contribution in [0.1, 0.15) is 22.0 Å². The highest BCUT2D eigenvalue weighted by atomic mass is 16.2. The first-order valence-corrected chi connectivity index (χ1v) is 6.91. The first kappa shape index (κ1) is 15.6. The predicted molar refractivity (Wildman–Crippen MR) is 86.6 cm³/mol. The zero-order valence-electron chi connectivity index (χ0n) is 12.6. The molecule has 0 aromatic heterocycles. The van der Waals surface area contributed by atoms with Crippen LogP contribution in [0.15, 0.2) is 54.6 Å². The van der Waals surface area contributed by atoms with Crippen LogP contribution in [0.2, 0.25) is 0 Å². The maximum atomic E-state index is 12.3. The van der Waals surface area contributed by atoms with Crippen molar-refractivity contribution in [1.29, 1.82) is 0 Å². The van der Waals surface area contributed by atoms with E-state index in [9.17, 15) is 9.59 Å². The second-order valence-electron chi connectivity index (χ2n) is 5.16. The number of benzene rings is 2. The van der Waals surface area contributed by atoms with E-state index < -0.39 is 11.9 Å². The molecular weight excluding hydrogens is 278 g/mol. The lowest BCUT2D eigenvalue weighted by atomic mass is 10.1. The number of anilines is 1. The van der Waals surface area contributed by atoms with E-state index >= 15 is 0 Å². The molecule has 22 heavy (non-hydrogen) atoms. The first-order valence-electron chi connectivity index (χ1n) is 6.91. The Bertz CT molecular complexity index is 651. The van der Waals surface area contributed by atoms with Crippen LogP contribution < -0.4 is 16.0 Å². The van der Waals surface area contributed by atoms with Gasteiger partial charge in [-0.25, -0.2) is 0 Å². The Morgan fingerprint density at radius 3 is 2.09 bits per heavy atom. The number of rotatable bonds is 5. The van der Waals surface area contributed by atoms with Crippen molar-refractivity contribution in [3.63, 3.8) is 0 Å². The Labute approximate surface area is 129 Å². The molecule has 0 radical (unpaired) electrons. The van der Waals surface area contributed by atoms with Crippen LogP contribution >= 0.6 is 0 Å². The van der Waals surface area contributed by atoms with Crippen LogP contribution in [0.4, 0.5) is 5.69 Å². The van der Waals surface area contributed by atoms with Crippen molar-refractivity contribution in [2.24, 2.45) is 5.73 Å². The number of hydrogen-bond donors (Lipinski definition) is 2. The van der Waals surface area contributed by atoms with Gasteiger partial charge in [-0.2, -0.15) is 0 Å². The van der Waals surface area contributed by atoms with Crippen molar-refractivity contribution in [2.45, 2.75) is 6.04 Å². The quantitative estimate of drug-likeness (QED) is 0.882. The predicted octanol–water partition coefficient (Wildman–Crippen LogP) is 1.71. The average molecular weight is 297 g/mol. The summed E-state index contributed by atoms with van der Waals surface area (Å²) in [6.45, 7) is 0.